The maximum absolute atomic E-state index is 13.3. The molecule has 0 spiro atoms. The molecule has 3 rings (SSSR count). The van der Waals surface area contributed by atoms with E-state index in [2.05, 4.69) is 5.10 Å². The lowest BCUT2D eigenvalue weighted by Crippen LogP contribution is -2.05. The van der Waals surface area contributed by atoms with Crippen molar-refractivity contribution in [3.63, 3.8) is 0 Å². The highest BCUT2D eigenvalue weighted by Gasteiger charge is 2.14. The molecule has 3 nitrogen and oxygen atoms in total. The Labute approximate surface area is 115 Å². The number of carbonyl (C=O) groups is 1. The van der Waals surface area contributed by atoms with Gasteiger partial charge in [-0.05, 0) is 42.3 Å². The van der Waals surface area contributed by atoms with Crippen molar-refractivity contribution in [1.29, 1.82) is 0 Å². The first kappa shape index (κ1) is 12.5. The van der Waals surface area contributed by atoms with Gasteiger partial charge in [-0.15, -0.1) is 0 Å². The van der Waals surface area contributed by atoms with Gasteiger partial charge in [0.15, 0.2) is 5.78 Å². The summed E-state index contributed by atoms with van der Waals surface area (Å²) in [5, 5.41) is 4.14. The van der Waals surface area contributed by atoms with Crippen molar-refractivity contribution < 1.29 is 9.18 Å². The van der Waals surface area contributed by atoms with Gasteiger partial charge in [0.2, 0.25) is 0 Å². The van der Waals surface area contributed by atoms with Gasteiger partial charge in [-0.3, -0.25) is 4.79 Å². The Balaban J connectivity index is 1.95. The average Bonchev–Trinajstić information content (AvgIpc) is 2.87. The highest BCUT2D eigenvalue weighted by atomic mass is 19.1. The largest absolute Gasteiger partial charge is 0.294 e. The number of rotatable bonds is 3. The normalized spacial score (nSPS) is 10.9. The van der Waals surface area contributed by atoms with E-state index < -0.39 is 0 Å². The van der Waals surface area contributed by atoms with Crippen molar-refractivity contribution in [2.75, 3.05) is 0 Å². The van der Waals surface area contributed by atoms with Crippen molar-refractivity contribution >= 4 is 11.3 Å². The summed E-state index contributed by atoms with van der Waals surface area (Å²) in [4.78, 5) is 12.4. The van der Waals surface area contributed by atoms with Gasteiger partial charge in [0.25, 0.3) is 0 Å². The lowest BCUT2D eigenvalue weighted by molar-refractivity contribution is 0.0994. The van der Waals surface area contributed by atoms with Gasteiger partial charge in [-0.1, -0.05) is 12.1 Å². The van der Waals surface area contributed by atoms with Crippen LogP contribution in [0.3, 0.4) is 0 Å². The summed E-state index contributed by atoms with van der Waals surface area (Å²) in [5.41, 5.74) is 2.96. The first-order valence-corrected chi connectivity index (χ1v) is 6.36. The minimum absolute atomic E-state index is 0.0556. The number of halogens is 1. The molecule has 1 aromatic carbocycles. The number of hydrogen-bond acceptors (Lipinski definition) is 2. The molecule has 0 amide bonds. The van der Waals surface area contributed by atoms with Crippen LogP contribution in [0.2, 0.25) is 0 Å². The molecule has 0 aliphatic carbocycles. The predicted molar refractivity (Wildman–Crippen MR) is 74.4 cm³/mol. The Kier molecular flexibility index (Phi) is 3.06. The van der Waals surface area contributed by atoms with Crippen LogP contribution >= 0.6 is 0 Å². The Bertz CT molecular complexity index is 792. The summed E-state index contributed by atoms with van der Waals surface area (Å²) in [6.45, 7) is 1.87. The molecule has 2 aromatic heterocycles. The molecule has 0 unspecified atom stereocenters. The monoisotopic (exact) mass is 268 g/mol. The predicted octanol–water partition coefficient (Wildman–Crippen LogP) is 3.21. The second-order valence-electron chi connectivity index (χ2n) is 4.76. The maximum Gasteiger partial charge on any atom is 0.171 e. The number of ketones is 1. The van der Waals surface area contributed by atoms with Crippen molar-refractivity contribution in [2.45, 2.75) is 13.3 Å². The standard InChI is InChI=1S/C16H13FN2O/c1-11-5-6-13(17)8-12(11)9-16(20)14-10-18-19-7-3-2-4-15(14)19/h2-8,10H,9H2,1H3. The van der Waals surface area contributed by atoms with E-state index in [1.807, 2.05) is 25.1 Å². The van der Waals surface area contributed by atoms with Crippen LogP contribution in [0.25, 0.3) is 5.52 Å². The number of hydrogen-bond donors (Lipinski definition) is 0. The van der Waals surface area contributed by atoms with Crippen LogP contribution in [-0.2, 0) is 6.42 Å². The molecule has 0 N–H and O–H groups in total. The lowest BCUT2D eigenvalue weighted by Gasteiger charge is -2.04. The number of benzene rings is 1. The van der Waals surface area contributed by atoms with Gasteiger partial charge in [-0.25, -0.2) is 8.91 Å². The van der Waals surface area contributed by atoms with E-state index in [0.717, 1.165) is 11.1 Å². The lowest BCUT2D eigenvalue weighted by atomic mass is 10.00. The van der Waals surface area contributed by atoms with Gasteiger partial charge < -0.3 is 0 Å². The SMILES string of the molecule is Cc1ccc(F)cc1CC(=O)c1cnn2ccccc12. The van der Waals surface area contributed by atoms with Crippen molar-refractivity contribution in [1.82, 2.24) is 9.61 Å². The molecule has 0 aliphatic rings. The fourth-order valence-corrected chi connectivity index (χ4v) is 2.25. The van der Waals surface area contributed by atoms with Crippen LogP contribution < -0.4 is 0 Å². The van der Waals surface area contributed by atoms with Gasteiger partial charge in [0.1, 0.15) is 5.82 Å². The third-order valence-electron chi connectivity index (χ3n) is 3.39. The summed E-state index contributed by atoms with van der Waals surface area (Å²) in [7, 11) is 0. The second kappa shape index (κ2) is 4.89. The van der Waals surface area contributed by atoms with Crippen LogP contribution in [0.1, 0.15) is 21.5 Å². The van der Waals surface area contributed by atoms with E-state index in [1.54, 1.807) is 23.0 Å². The molecular formula is C16H13FN2O. The Morgan fingerprint density at radius 3 is 3.00 bits per heavy atom. The van der Waals surface area contributed by atoms with Crippen molar-refractivity contribution in [3.05, 3.63) is 71.3 Å². The van der Waals surface area contributed by atoms with Crippen LogP contribution in [0, 0.1) is 12.7 Å². The zero-order valence-electron chi connectivity index (χ0n) is 11.0. The van der Waals surface area contributed by atoms with E-state index >= 15 is 0 Å². The summed E-state index contributed by atoms with van der Waals surface area (Å²) < 4.78 is 14.9. The summed E-state index contributed by atoms with van der Waals surface area (Å²) in [6.07, 6.45) is 3.53. The fraction of sp³-hybridized carbons (Fsp3) is 0.125. The maximum atomic E-state index is 13.3. The molecule has 100 valence electrons. The second-order valence-corrected chi connectivity index (χ2v) is 4.76. The Hall–Kier alpha value is -2.49. The highest BCUT2D eigenvalue weighted by Crippen LogP contribution is 2.16. The zero-order valence-corrected chi connectivity index (χ0v) is 11.0. The van der Waals surface area contributed by atoms with Crippen LogP contribution in [0.15, 0.2) is 48.8 Å². The highest BCUT2D eigenvalue weighted by molar-refractivity contribution is 6.03. The molecular weight excluding hydrogens is 255 g/mol. The number of nitrogens with zero attached hydrogens (tertiary/aromatic N) is 2. The molecule has 0 fully saturated rings. The number of carbonyl (C=O) groups excluding carboxylic acids is 1. The van der Waals surface area contributed by atoms with Crippen molar-refractivity contribution in [3.8, 4) is 0 Å². The van der Waals surface area contributed by atoms with Crippen LogP contribution in [0.5, 0.6) is 0 Å². The summed E-state index contributed by atoms with van der Waals surface area (Å²) >= 11 is 0. The first-order chi connectivity index (χ1) is 9.65. The summed E-state index contributed by atoms with van der Waals surface area (Å²) in [6, 6.07) is 10.1. The number of aryl methyl sites for hydroxylation is 1. The average molecular weight is 268 g/mol. The van der Waals surface area contributed by atoms with E-state index in [4.69, 9.17) is 0 Å². The third kappa shape index (κ3) is 2.20. The number of pyridine rings is 1. The molecule has 0 bridgehead atoms. The minimum Gasteiger partial charge on any atom is -0.294 e. The van der Waals surface area contributed by atoms with Gasteiger partial charge in [0.05, 0.1) is 17.3 Å². The minimum atomic E-state index is -0.321. The smallest absolute Gasteiger partial charge is 0.171 e. The molecule has 0 atom stereocenters. The van der Waals surface area contributed by atoms with E-state index in [1.165, 1.54) is 12.1 Å². The Morgan fingerprint density at radius 2 is 2.15 bits per heavy atom. The fourth-order valence-electron chi connectivity index (χ4n) is 2.25. The van der Waals surface area contributed by atoms with Gasteiger partial charge in [-0.2, -0.15) is 5.10 Å². The molecule has 0 saturated heterocycles. The molecule has 3 aromatic rings. The quantitative estimate of drug-likeness (QED) is 0.684. The van der Waals surface area contributed by atoms with Crippen molar-refractivity contribution in [2.24, 2.45) is 0 Å². The van der Waals surface area contributed by atoms with Gasteiger partial charge >= 0.3 is 0 Å². The molecule has 2 heterocycles. The topological polar surface area (TPSA) is 34.4 Å². The van der Waals surface area contributed by atoms with E-state index in [0.29, 0.717) is 11.1 Å². The number of Topliss-reactive ketones (excluding diaryl/α,β-unsaturated/α-hetero) is 1. The molecule has 20 heavy (non-hydrogen) atoms. The van der Waals surface area contributed by atoms with E-state index in [-0.39, 0.29) is 18.0 Å². The van der Waals surface area contributed by atoms with Crippen LogP contribution in [0.4, 0.5) is 4.39 Å². The first-order valence-electron chi connectivity index (χ1n) is 6.36. The summed E-state index contributed by atoms with van der Waals surface area (Å²) in [5.74, 6) is -0.377. The van der Waals surface area contributed by atoms with Crippen LogP contribution in [-0.4, -0.2) is 15.4 Å². The van der Waals surface area contributed by atoms with Gasteiger partial charge in [0, 0.05) is 12.6 Å². The third-order valence-corrected chi connectivity index (χ3v) is 3.39. The molecule has 0 radical (unpaired) electrons. The number of fused-ring (bicyclic) bond motifs is 1. The number of aromatic nitrogens is 2. The Morgan fingerprint density at radius 1 is 1.30 bits per heavy atom. The van der Waals surface area contributed by atoms with E-state index in [9.17, 15) is 9.18 Å². The zero-order chi connectivity index (χ0) is 14.1. The molecule has 0 saturated carbocycles. The molecule has 4 heteroatoms. The molecule has 0 aliphatic heterocycles.